The second-order valence-electron chi connectivity index (χ2n) is 8.28. The summed E-state index contributed by atoms with van der Waals surface area (Å²) in [5.74, 6) is -1.27. The van der Waals surface area contributed by atoms with E-state index >= 15 is 0 Å². The quantitative estimate of drug-likeness (QED) is 0.186. The van der Waals surface area contributed by atoms with E-state index in [9.17, 15) is 39.2 Å². The van der Waals surface area contributed by atoms with Crippen molar-refractivity contribution in [3.63, 3.8) is 0 Å². The molecule has 4 N–H and O–H groups in total. The van der Waals surface area contributed by atoms with Gasteiger partial charge in [0, 0.05) is 0 Å². The third-order valence-corrected chi connectivity index (χ3v) is 8.20. The summed E-state index contributed by atoms with van der Waals surface area (Å²) in [5.41, 5.74) is -1.33. The first-order valence-corrected chi connectivity index (χ1v) is 15.8. The molecule has 0 unspecified atom stereocenters. The highest BCUT2D eigenvalue weighted by Gasteiger charge is 2.35. The zero-order valence-corrected chi connectivity index (χ0v) is 24.6. The van der Waals surface area contributed by atoms with Crippen molar-refractivity contribution in [2.75, 3.05) is 17.4 Å². The molecule has 1 aliphatic heterocycles. The fraction of sp³-hybridized carbons (Fsp3) is 0.150. The normalized spacial score (nSPS) is 16.0. The van der Waals surface area contributed by atoms with Crippen LogP contribution in [0.1, 0.15) is 6.92 Å². The molecule has 3 aromatic rings. The van der Waals surface area contributed by atoms with Crippen LogP contribution in [0.5, 0.6) is 6.01 Å². The van der Waals surface area contributed by atoms with Gasteiger partial charge in [-0.05, 0) is 54.9 Å². The van der Waals surface area contributed by atoms with E-state index in [2.05, 4.69) is 35.6 Å². The largest absolute Gasteiger partial charge is 0.467 e. The molecule has 1 amide bonds. The molecule has 0 fully saturated rings. The van der Waals surface area contributed by atoms with Crippen LogP contribution in [0.3, 0.4) is 0 Å². The van der Waals surface area contributed by atoms with Gasteiger partial charge in [-0.3, -0.25) is 18.5 Å². The zero-order valence-electron chi connectivity index (χ0n) is 21.4. The van der Waals surface area contributed by atoms with Crippen LogP contribution in [0, 0.1) is 0 Å². The number of rotatable bonds is 9. The van der Waals surface area contributed by atoms with Crippen LogP contribution in [-0.2, 0) is 35.1 Å². The first-order valence-electron chi connectivity index (χ1n) is 11.1. The molecule has 19 nitrogen and oxygen atoms in total. The summed E-state index contributed by atoms with van der Waals surface area (Å²) in [6.45, 7) is 1.36. The van der Waals surface area contributed by atoms with Crippen molar-refractivity contribution in [2.45, 2.75) is 27.7 Å². The van der Waals surface area contributed by atoms with Gasteiger partial charge in [-0.25, -0.2) is 0 Å². The smallest absolute Gasteiger partial charge is 0.322 e. The Bertz CT molecular complexity index is 2020. The molecular weight excluding hydrogens is 660 g/mol. The number of halogens is 1. The molecule has 228 valence electrons. The zero-order chi connectivity index (χ0) is 31.9. The topological polar surface area (TPSA) is 280 Å². The lowest BCUT2D eigenvalue weighted by Gasteiger charge is -2.13. The lowest BCUT2D eigenvalue weighted by atomic mass is 10.2. The first-order chi connectivity index (χ1) is 19.9. The van der Waals surface area contributed by atoms with Crippen molar-refractivity contribution in [3.8, 4) is 6.01 Å². The summed E-state index contributed by atoms with van der Waals surface area (Å²) in [6.07, 6.45) is 0. The molecule has 1 aromatic heterocycles. The number of anilines is 3. The molecular formula is C20H17ClN8O11S3. The van der Waals surface area contributed by atoms with Gasteiger partial charge in [-0.15, -0.1) is 0 Å². The molecule has 0 saturated heterocycles. The number of hydrazone groups is 1. The Hall–Kier alpha value is -4.19. The summed E-state index contributed by atoms with van der Waals surface area (Å²) in [5, 5.41) is 14.2. The minimum atomic E-state index is -5.14. The highest BCUT2D eigenvalue weighted by Crippen LogP contribution is 2.36. The van der Waals surface area contributed by atoms with E-state index in [1.807, 2.05) is 0 Å². The Balaban J connectivity index is 1.74. The molecule has 1 atom stereocenters. The van der Waals surface area contributed by atoms with Crippen LogP contribution in [-0.4, -0.2) is 78.6 Å². The van der Waals surface area contributed by atoms with Crippen LogP contribution >= 0.6 is 11.6 Å². The molecule has 0 spiro atoms. The number of amides is 1. The average Bonchev–Trinajstić information content (AvgIpc) is 3.18. The van der Waals surface area contributed by atoms with Crippen molar-refractivity contribution in [1.29, 1.82) is 0 Å². The number of ether oxygens (including phenoxy) is 1. The number of nitrogens with one attached hydrogen (secondary N) is 1. The van der Waals surface area contributed by atoms with Crippen molar-refractivity contribution < 1.29 is 48.4 Å². The number of benzene rings is 2. The lowest BCUT2D eigenvalue weighted by molar-refractivity contribution is -0.117. The lowest BCUT2D eigenvalue weighted by Crippen LogP contribution is -2.29. The number of hydrogen-bond donors (Lipinski definition) is 4. The molecule has 0 saturated carbocycles. The maximum absolute atomic E-state index is 13.0. The van der Waals surface area contributed by atoms with Gasteiger partial charge in [-0.1, -0.05) is 0 Å². The molecule has 1 aliphatic rings. The van der Waals surface area contributed by atoms with E-state index in [1.165, 1.54) is 26.2 Å². The first kappa shape index (κ1) is 31.7. The number of azo groups is 1. The number of carbonyl (C=O) groups is 1. The Morgan fingerprint density at radius 1 is 0.930 bits per heavy atom. The van der Waals surface area contributed by atoms with Crippen LogP contribution in [0.15, 0.2) is 66.4 Å². The predicted octanol–water partition coefficient (Wildman–Crippen LogP) is 1.89. The molecule has 43 heavy (non-hydrogen) atoms. The van der Waals surface area contributed by atoms with Gasteiger partial charge in [0.2, 0.25) is 11.2 Å². The van der Waals surface area contributed by atoms with E-state index in [4.69, 9.17) is 20.9 Å². The predicted molar refractivity (Wildman–Crippen MR) is 146 cm³/mol. The van der Waals surface area contributed by atoms with Crippen LogP contribution in [0.4, 0.5) is 23.0 Å². The van der Waals surface area contributed by atoms with E-state index in [1.54, 1.807) is 0 Å². The van der Waals surface area contributed by atoms with Gasteiger partial charge in [-0.2, -0.15) is 60.5 Å². The van der Waals surface area contributed by atoms with Crippen LogP contribution in [0.25, 0.3) is 0 Å². The van der Waals surface area contributed by atoms with Gasteiger partial charge < -0.3 is 10.1 Å². The van der Waals surface area contributed by atoms with Crippen LogP contribution in [0.2, 0.25) is 5.28 Å². The third kappa shape index (κ3) is 7.07. The van der Waals surface area contributed by atoms with Crippen LogP contribution < -0.4 is 15.1 Å². The van der Waals surface area contributed by atoms with Crippen molar-refractivity contribution in [3.05, 3.63) is 41.7 Å². The fourth-order valence-corrected chi connectivity index (χ4v) is 5.41. The Kier molecular flexibility index (Phi) is 8.47. The number of aromatic nitrogens is 3. The molecule has 0 radical (unpaired) electrons. The molecule has 23 heteroatoms. The van der Waals surface area contributed by atoms with Gasteiger partial charge in [0.15, 0.2) is 6.04 Å². The summed E-state index contributed by atoms with van der Waals surface area (Å²) in [4.78, 5) is 21.7. The minimum absolute atomic E-state index is 0.0370. The molecule has 2 heterocycles. The van der Waals surface area contributed by atoms with Gasteiger partial charge in [0.1, 0.15) is 15.5 Å². The highest BCUT2D eigenvalue weighted by molar-refractivity contribution is 7.86. The number of methoxy groups -OCH3 is 1. The summed E-state index contributed by atoms with van der Waals surface area (Å²) in [6, 6.07) is 3.73. The Labute approximate surface area is 247 Å². The maximum Gasteiger partial charge on any atom is 0.322 e. The van der Waals surface area contributed by atoms with Crippen molar-refractivity contribution in [2.24, 2.45) is 15.3 Å². The number of carbonyl (C=O) groups excluding carboxylic acids is 1. The van der Waals surface area contributed by atoms with Crippen molar-refractivity contribution in [1.82, 2.24) is 15.0 Å². The minimum Gasteiger partial charge on any atom is -0.467 e. The standard InChI is InChI=1S/C20H17ClN8O11S3/c1-9-16(17(30)29(28-9)10-3-5-11(6-4-10)41(31,32)33)27-26-13-8-14(42(34,35)36)12(7-15(13)43(37,38)39)22-19-23-18(21)24-20(25-19)40-2/h3-8,16H,1-2H3,(H,31,32,33)(H,34,35,36)(H,37,38,39)(H,22,23,24,25)/t16-/m1/s1. The number of hydrogen-bond acceptors (Lipinski definition) is 15. The summed E-state index contributed by atoms with van der Waals surface area (Å²) < 4.78 is 105. The fourth-order valence-electron chi connectivity index (χ4n) is 3.50. The van der Waals surface area contributed by atoms with E-state index < -0.39 is 79.6 Å². The Morgan fingerprint density at radius 2 is 1.56 bits per heavy atom. The molecule has 0 aliphatic carbocycles. The molecule has 2 aromatic carbocycles. The Morgan fingerprint density at radius 3 is 2.12 bits per heavy atom. The van der Waals surface area contributed by atoms with E-state index in [0.29, 0.717) is 12.1 Å². The van der Waals surface area contributed by atoms with E-state index in [-0.39, 0.29) is 17.4 Å². The molecule has 0 bridgehead atoms. The maximum atomic E-state index is 13.0. The second-order valence-corrected chi connectivity index (χ2v) is 12.8. The summed E-state index contributed by atoms with van der Waals surface area (Å²) in [7, 11) is -13.6. The van der Waals surface area contributed by atoms with Gasteiger partial charge >= 0.3 is 6.01 Å². The third-order valence-electron chi connectivity index (χ3n) is 5.39. The molecule has 4 rings (SSSR count). The second kappa shape index (κ2) is 11.5. The number of nitrogens with zero attached hydrogens (tertiary/aromatic N) is 7. The van der Waals surface area contributed by atoms with E-state index in [0.717, 1.165) is 17.1 Å². The van der Waals surface area contributed by atoms with Crippen molar-refractivity contribution >= 4 is 76.6 Å². The SMILES string of the molecule is COc1nc(Cl)nc(Nc2cc(S(=O)(=O)O)c(N=N[C@H]3C(=O)N(c4ccc(S(=O)(=O)O)cc4)N=C3C)cc2S(=O)(=O)O)n1. The highest BCUT2D eigenvalue weighted by atomic mass is 35.5. The average molecular weight is 677 g/mol. The van der Waals surface area contributed by atoms with Gasteiger partial charge in [0.25, 0.3) is 36.3 Å². The monoisotopic (exact) mass is 676 g/mol. The summed E-state index contributed by atoms with van der Waals surface area (Å²) >= 11 is 5.77. The van der Waals surface area contributed by atoms with Gasteiger partial charge in [0.05, 0.1) is 29.1 Å².